The molecule has 0 saturated heterocycles. The quantitative estimate of drug-likeness (QED) is 0.0651. The number of methoxy groups -OCH3 is 2. The fourth-order valence-electron chi connectivity index (χ4n) is 7.73. The summed E-state index contributed by atoms with van der Waals surface area (Å²) in [7, 11) is 2.58. The maximum Gasteiger partial charge on any atom is 0.416 e. The third-order valence-electron chi connectivity index (χ3n) is 10.7. The summed E-state index contributed by atoms with van der Waals surface area (Å²) < 4.78 is 152. The van der Waals surface area contributed by atoms with E-state index in [0.29, 0.717) is 24.0 Å². The van der Waals surface area contributed by atoms with Gasteiger partial charge in [-0.15, -0.1) is 0 Å². The van der Waals surface area contributed by atoms with Crippen molar-refractivity contribution in [1.29, 1.82) is 0 Å². The molecule has 1 unspecified atom stereocenters. The van der Waals surface area contributed by atoms with Crippen LogP contribution >= 0.6 is 0 Å². The lowest BCUT2D eigenvalue weighted by atomic mass is 9.81. The third kappa shape index (κ3) is 8.06. The lowest BCUT2D eigenvalue weighted by Crippen LogP contribution is -2.46. The molecule has 5 aromatic carbocycles. The van der Waals surface area contributed by atoms with E-state index in [9.17, 15) is 40.7 Å². The van der Waals surface area contributed by atoms with Gasteiger partial charge < -0.3 is 23.8 Å². The number of amides is 1. The Labute approximate surface area is 347 Å². The average molecular weight is 870 g/mol. The number of aldehydes is 1. The molecule has 1 amide bonds. The molecule has 0 N–H and O–H groups in total. The first kappa shape index (κ1) is 43.3. The van der Waals surface area contributed by atoms with Crippen LogP contribution in [0.3, 0.4) is 0 Å². The van der Waals surface area contributed by atoms with Crippen molar-refractivity contribution in [2.24, 2.45) is 5.92 Å². The first-order chi connectivity index (χ1) is 29.1. The van der Waals surface area contributed by atoms with Crippen LogP contribution in [0.2, 0.25) is 0 Å². The molecular formula is C45H32F9NO7. The van der Waals surface area contributed by atoms with Gasteiger partial charge in [0.2, 0.25) is 0 Å². The minimum atomic E-state index is -5.26. The maximum atomic E-state index is 15.1. The van der Waals surface area contributed by atoms with Crippen molar-refractivity contribution in [2.45, 2.75) is 44.3 Å². The standard InChI is InChI=1S/C45H32F9NO7/c1-22-30-7-5-6-8-36(30)62-41-31(25-14-26(43(46,47)48)16-27(15-25)44(49,50)51)19-33-32(40(22)41)20-35(45(52,53)54)23(2)55(42(33)58)28-11-9-24(10-12-28)13-39(57)61-29-17-37(59-3)34(21-56)38(18-29)60-4/h5-12,14-19,21,23,35H,1,13,20H2,2-4H3/t23?,35-/m1/s1. The second-order valence-electron chi connectivity index (χ2n) is 14.5. The van der Waals surface area contributed by atoms with E-state index in [1.165, 1.54) is 75.7 Å². The highest BCUT2D eigenvalue weighted by molar-refractivity contribution is 6.11. The molecule has 0 radical (unpaired) electrons. The van der Waals surface area contributed by atoms with Gasteiger partial charge in [-0.05, 0) is 78.1 Å². The third-order valence-corrected chi connectivity index (χ3v) is 10.7. The van der Waals surface area contributed by atoms with Gasteiger partial charge in [-0.3, -0.25) is 14.4 Å². The molecule has 0 saturated carbocycles. The summed E-state index contributed by atoms with van der Waals surface area (Å²) in [6.07, 6.45) is -16.2. The number of hydrogen-bond donors (Lipinski definition) is 0. The van der Waals surface area contributed by atoms with E-state index >= 15 is 13.2 Å². The number of benzene rings is 5. The summed E-state index contributed by atoms with van der Waals surface area (Å²) in [6.45, 7) is 5.24. The van der Waals surface area contributed by atoms with Crippen molar-refractivity contribution in [1.82, 2.24) is 0 Å². The Kier molecular flexibility index (Phi) is 11.1. The number of nitrogens with zero attached hydrogens (tertiary/aromatic N) is 1. The predicted octanol–water partition coefficient (Wildman–Crippen LogP) is 11.3. The van der Waals surface area contributed by atoms with Crippen molar-refractivity contribution in [3.05, 3.63) is 136 Å². The Morgan fingerprint density at radius 2 is 1.42 bits per heavy atom. The zero-order valence-corrected chi connectivity index (χ0v) is 32.6. The number of esters is 1. The minimum absolute atomic E-state index is 0.0235. The minimum Gasteiger partial charge on any atom is -0.496 e. The maximum absolute atomic E-state index is 15.1. The lowest BCUT2D eigenvalue weighted by Gasteiger charge is -2.33. The normalized spacial score (nSPS) is 16.4. The van der Waals surface area contributed by atoms with Crippen molar-refractivity contribution in [3.63, 3.8) is 0 Å². The summed E-state index contributed by atoms with van der Waals surface area (Å²) in [6, 6.07) is 14.1. The number of ether oxygens (including phenoxy) is 4. The molecule has 62 heavy (non-hydrogen) atoms. The molecular weight excluding hydrogens is 837 g/mol. The van der Waals surface area contributed by atoms with Crippen molar-refractivity contribution in [3.8, 4) is 39.9 Å². The largest absolute Gasteiger partial charge is 0.496 e. The fraction of sp³-hybridized carbons (Fsp3) is 0.222. The first-order valence-electron chi connectivity index (χ1n) is 18.5. The van der Waals surface area contributed by atoms with Crippen LogP contribution < -0.4 is 23.8 Å². The SMILES string of the molecule is C=C1c2ccccc2Oc2c(-c3cc(C(F)(F)F)cc(C(F)(F)F)c3)cc3c(c21)C[C@@H](C(F)(F)F)C(C)N(c1ccc(CC(=O)Oc2cc(OC)c(C=O)c(OC)c2)cc1)C3=O. The number of carbonyl (C=O) groups is 3. The number of alkyl halides is 9. The van der Waals surface area contributed by atoms with Gasteiger partial charge in [0, 0.05) is 46.1 Å². The van der Waals surface area contributed by atoms with Gasteiger partial charge in [0.05, 0.1) is 43.2 Å². The van der Waals surface area contributed by atoms with Crippen LogP contribution in [0.1, 0.15) is 61.0 Å². The molecule has 2 atom stereocenters. The molecule has 2 aliphatic rings. The molecule has 0 aliphatic carbocycles. The van der Waals surface area contributed by atoms with E-state index in [2.05, 4.69) is 6.58 Å². The molecule has 0 spiro atoms. The fourth-order valence-corrected chi connectivity index (χ4v) is 7.73. The van der Waals surface area contributed by atoms with E-state index in [1.807, 2.05) is 0 Å². The smallest absolute Gasteiger partial charge is 0.416 e. The molecule has 2 heterocycles. The highest BCUT2D eigenvalue weighted by Crippen LogP contribution is 2.53. The molecule has 5 aromatic rings. The number of halogens is 9. The second-order valence-corrected chi connectivity index (χ2v) is 14.5. The van der Waals surface area contributed by atoms with Crippen LogP contribution in [-0.4, -0.2) is 44.6 Å². The molecule has 7 rings (SSSR count). The summed E-state index contributed by atoms with van der Waals surface area (Å²) in [5.74, 6) is -4.29. The summed E-state index contributed by atoms with van der Waals surface area (Å²) in [5.41, 5.74) is -4.66. The number of hydrogen-bond acceptors (Lipinski definition) is 7. The predicted molar refractivity (Wildman–Crippen MR) is 207 cm³/mol. The van der Waals surface area contributed by atoms with Gasteiger partial charge in [-0.25, -0.2) is 0 Å². The van der Waals surface area contributed by atoms with Gasteiger partial charge in [0.15, 0.2) is 6.29 Å². The summed E-state index contributed by atoms with van der Waals surface area (Å²) in [5, 5.41) is 0. The lowest BCUT2D eigenvalue weighted by molar-refractivity contribution is -0.178. The van der Waals surface area contributed by atoms with E-state index in [4.69, 9.17) is 18.9 Å². The van der Waals surface area contributed by atoms with Gasteiger partial charge in [-0.2, -0.15) is 39.5 Å². The van der Waals surface area contributed by atoms with Gasteiger partial charge >= 0.3 is 24.5 Å². The van der Waals surface area contributed by atoms with E-state index in [0.717, 1.165) is 11.0 Å². The molecule has 0 fully saturated rings. The highest BCUT2D eigenvalue weighted by atomic mass is 19.4. The van der Waals surface area contributed by atoms with Crippen molar-refractivity contribution < 1.29 is 72.8 Å². The van der Waals surface area contributed by atoms with E-state index < -0.39 is 76.6 Å². The molecule has 17 heteroatoms. The van der Waals surface area contributed by atoms with Crippen LogP contribution in [0.25, 0.3) is 16.7 Å². The Morgan fingerprint density at radius 1 is 0.823 bits per heavy atom. The summed E-state index contributed by atoms with van der Waals surface area (Å²) >= 11 is 0. The van der Waals surface area contributed by atoms with Gasteiger partial charge in [0.25, 0.3) is 5.91 Å². The van der Waals surface area contributed by atoms with E-state index in [1.54, 1.807) is 6.07 Å². The monoisotopic (exact) mass is 869 g/mol. The molecule has 0 bridgehead atoms. The molecule has 0 aromatic heterocycles. The number of carbonyl (C=O) groups excluding carboxylic acids is 3. The Bertz CT molecular complexity index is 2580. The topological polar surface area (TPSA) is 91.4 Å². The van der Waals surface area contributed by atoms with Gasteiger partial charge in [-0.1, -0.05) is 36.9 Å². The number of para-hydroxylation sites is 1. The second kappa shape index (κ2) is 15.9. The zero-order chi connectivity index (χ0) is 45.1. The van der Waals surface area contributed by atoms with Crippen molar-refractivity contribution in [2.75, 3.05) is 19.1 Å². The van der Waals surface area contributed by atoms with Crippen LogP contribution in [0.5, 0.6) is 28.7 Å². The highest BCUT2D eigenvalue weighted by Gasteiger charge is 2.50. The van der Waals surface area contributed by atoms with Gasteiger partial charge in [0.1, 0.15) is 28.7 Å². The van der Waals surface area contributed by atoms with Crippen LogP contribution in [0.4, 0.5) is 45.2 Å². The Hall–Kier alpha value is -6.78. The Balaban J connectivity index is 1.34. The molecule has 8 nitrogen and oxygen atoms in total. The number of fused-ring (bicyclic) bond motifs is 4. The first-order valence-corrected chi connectivity index (χ1v) is 18.5. The van der Waals surface area contributed by atoms with Crippen LogP contribution in [0, 0.1) is 5.92 Å². The summed E-state index contributed by atoms with van der Waals surface area (Å²) in [4.78, 5) is 40.2. The number of rotatable bonds is 8. The van der Waals surface area contributed by atoms with Crippen LogP contribution in [0.15, 0.2) is 91.5 Å². The molecule has 2 aliphatic heterocycles. The number of anilines is 1. The van der Waals surface area contributed by atoms with Crippen LogP contribution in [-0.2, 0) is 30.0 Å². The van der Waals surface area contributed by atoms with E-state index in [-0.39, 0.29) is 74.7 Å². The average Bonchev–Trinajstić information content (AvgIpc) is 3.32. The molecule has 322 valence electrons. The zero-order valence-electron chi connectivity index (χ0n) is 32.6. The van der Waals surface area contributed by atoms with Crippen molar-refractivity contribution >= 4 is 29.4 Å². The Morgan fingerprint density at radius 3 is 1.97 bits per heavy atom.